The Morgan fingerprint density at radius 3 is 2.29 bits per heavy atom. The number of imide groups is 1. The summed E-state index contributed by atoms with van der Waals surface area (Å²) in [4.78, 5) is 38.3. The summed E-state index contributed by atoms with van der Waals surface area (Å²) in [5.41, 5.74) is -0.232. The van der Waals surface area contributed by atoms with Crippen molar-refractivity contribution in [3.63, 3.8) is 0 Å². The van der Waals surface area contributed by atoms with E-state index < -0.39 is 5.54 Å². The highest BCUT2D eigenvalue weighted by molar-refractivity contribution is 6.07. The van der Waals surface area contributed by atoms with Crippen molar-refractivity contribution in [2.45, 2.75) is 37.6 Å². The Kier molecular flexibility index (Phi) is 5.88. The number of urea groups is 1. The van der Waals surface area contributed by atoms with Crippen LogP contribution in [-0.2, 0) is 4.79 Å². The summed E-state index contributed by atoms with van der Waals surface area (Å²) in [5, 5.41) is 5.65. The number of carbonyl (C=O) groups excluding carboxylic acids is 3. The van der Waals surface area contributed by atoms with E-state index >= 15 is 0 Å². The van der Waals surface area contributed by atoms with E-state index in [2.05, 4.69) is 10.6 Å². The first-order valence-corrected chi connectivity index (χ1v) is 10.4. The third-order valence-corrected chi connectivity index (χ3v) is 5.71. The molecule has 1 saturated heterocycles. The Labute approximate surface area is 179 Å². The zero-order valence-electron chi connectivity index (χ0n) is 17.0. The monoisotopic (exact) mass is 425 g/mol. The summed E-state index contributed by atoms with van der Waals surface area (Å²) in [6.07, 6.45) is 3.78. The van der Waals surface area contributed by atoms with Gasteiger partial charge < -0.3 is 15.4 Å². The number of nitrogens with one attached hydrogen (secondary N) is 2. The van der Waals surface area contributed by atoms with Crippen molar-refractivity contribution in [1.29, 1.82) is 0 Å². The average Bonchev–Trinajstić information content (AvgIpc) is 3.33. The van der Waals surface area contributed by atoms with Gasteiger partial charge in [-0.25, -0.2) is 9.18 Å². The van der Waals surface area contributed by atoms with Crippen LogP contribution in [0.15, 0.2) is 48.5 Å². The second kappa shape index (κ2) is 8.75. The summed E-state index contributed by atoms with van der Waals surface area (Å²) in [6, 6.07) is 11.9. The van der Waals surface area contributed by atoms with E-state index in [1.54, 1.807) is 24.3 Å². The Bertz CT molecular complexity index is 969. The van der Waals surface area contributed by atoms with Gasteiger partial charge in [-0.05, 0) is 67.8 Å². The zero-order chi connectivity index (χ0) is 21.8. The van der Waals surface area contributed by atoms with Crippen LogP contribution in [0.1, 0.15) is 42.5 Å². The standard InChI is InChI=1S/C23H24FN3O4/c24-17-6-10-19(11-7-17)31-18-8-4-16(5-9-18)20(28)25-14-3-15-27-21(29)23(26-22(27)30)12-1-2-13-23/h4-11H,1-3,12-15H2,(H,25,28)(H,26,30). The van der Waals surface area contributed by atoms with Crippen molar-refractivity contribution >= 4 is 17.8 Å². The molecule has 1 aliphatic heterocycles. The average molecular weight is 425 g/mol. The van der Waals surface area contributed by atoms with Crippen LogP contribution >= 0.6 is 0 Å². The van der Waals surface area contributed by atoms with Crippen LogP contribution in [0.2, 0.25) is 0 Å². The number of hydrogen-bond donors (Lipinski definition) is 2. The number of hydrogen-bond acceptors (Lipinski definition) is 4. The fourth-order valence-corrected chi connectivity index (χ4v) is 4.05. The Hall–Kier alpha value is -3.42. The molecule has 8 heteroatoms. The maximum Gasteiger partial charge on any atom is 0.325 e. The molecule has 4 rings (SSSR count). The van der Waals surface area contributed by atoms with Gasteiger partial charge in [0.15, 0.2) is 0 Å². The molecule has 1 aliphatic carbocycles. The van der Waals surface area contributed by atoms with Gasteiger partial charge in [0.25, 0.3) is 11.8 Å². The molecule has 1 heterocycles. The van der Waals surface area contributed by atoms with Crippen LogP contribution in [0.4, 0.5) is 9.18 Å². The molecule has 7 nitrogen and oxygen atoms in total. The Morgan fingerprint density at radius 1 is 1.03 bits per heavy atom. The molecule has 31 heavy (non-hydrogen) atoms. The van der Waals surface area contributed by atoms with Crippen molar-refractivity contribution < 1.29 is 23.5 Å². The van der Waals surface area contributed by atoms with Gasteiger partial charge in [0.2, 0.25) is 0 Å². The summed E-state index contributed by atoms with van der Waals surface area (Å²) in [6.45, 7) is 0.619. The molecule has 2 aromatic carbocycles. The van der Waals surface area contributed by atoms with E-state index in [0.717, 1.165) is 12.8 Å². The lowest BCUT2D eigenvalue weighted by atomic mass is 9.98. The molecule has 1 saturated carbocycles. The van der Waals surface area contributed by atoms with Crippen LogP contribution in [0, 0.1) is 5.82 Å². The van der Waals surface area contributed by atoms with E-state index in [1.807, 2.05) is 0 Å². The van der Waals surface area contributed by atoms with Crippen molar-refractivity contribution in [2.24, 2.45) is 0 Å². The van der Waals surface area contributed by atoms with E-state index in [0.29, 0.717) is 42.9 Å². The van der Waals surface area contributed by atoms with E-state index in [-0.39, 0.29) is 30.2 Å². The molecule has 0 atom stereocenters. The number of amides is 4. The highest BCUT2D eigenvalue weighted by Gasteiger charge is 2.51. The minimum absolute atomic E-state index is 0.141. The first-order valence-electron chi connectivity index (χ1n) is 10.4. The molecule has 2 aliphatic rings. The molecule has 0 unspecified atom stereocenters. The Balaban J connectivity index is 1.23. The van der Waals surface area contributed by atoms with Crippen LogP contribution in [0.5, 0.6) is 11.5 Å². The number of benzene rings is 2. The number of nitrogens with zero attached hydrogens (tertiary/aromatic N) is 1. The third kappa shape index (κ3) is 4.52. The summed E-state index contributed by atoms with van der Waals surface area (Å²) in [7, 11) is 0. The van der Waals surface area contributed by atoms with Crippen LogP contribution in [-0.4, -0.2) is 41.4 Å². The molecule has 0 aromatic heterocycles. The molecule has 1 spiro atoms. The highest BCUT2D eigenvalue weighted by atomic mass is 19.1. The molecule has 0 radical (unpaired) electrons. The maximum atomic E-state index is 13.0. The molecule has 0 bridgehead atoms. The lowest BCUT2D eigenvalue weighted by molar-refractivity contribution is -0.131. The number of halogens is 1. The van der Waals surface area contributed by atoms with Crippen molar-refractivity contribution in [3.05, 3.63) is 59.9 Å². The summed E-state index contributed by atoms with van der Waals surface area (Å²) >= 11 is 0. The molecule has 162 valence electrons. The molecular formula is C23H24FN3O4. The molecule has 2 fully saturated rings. The van der Waals surface area contributed by atoms with Gasteiger partial charge in [-0.2, -0.15) is 0 Å². The van der Waals surface area contributed by atoms with Crippen LogP contribution in [0.25, 0.3) is 0 Å². The van der Waals surface area contributed by atoms with Gasteiger partial charge in [-0.15, -0.1) is 0 Å². The topological polar surface area (TPSA) is 87.7 Å². The van der Waals surface area contributed by atoms with Gasteiger partial charge in [-0.1, -0.05) is 12.8 Å². The third-order valence-electron chi connectivity index (χ3n) is 5.71. The predicted molar refractivity (Wildman–Crippen MR) is 111 cm³/mol. The van der Waals surface area contributed by atoms with Crippen molar-refractivity contribution in [3.8, 4) is 11.5 Å². The molecule has 2 N–H and O–H groups in total. The van der Waals surface area contributed by atoms with Gasteiger partial charge in [0, 0.05) is 18.7 Å². The normalized spacial score (nSPS) is 17.1. The fraction of sp³-hybridized carbons (Fsp3) is 0.348. The maximum absolute atomic E-state index is 13.0. The van der Waals surface area contributed by atoms with Gasteiger partial charge >= 0.3 is 6.03 Å². The van der Waals surface area contributed by atoms with E-state index in [9.17, 15) is 18.8 Å². The zero-order valence-corrected chi connectivity index (χ0v) is 17.0. The van der Waals surface area contributed by atoms with E-state index in [4.69, 9.17) is 4.74 Å². The van der Waals surface area contributed by atoms with Crippen molar-refractivity contribution in [2.75, 3.05) is 13.1 Å². The smallest absolute Gasteiger partial charge is 0.325 e. The van der Waals surface area contributed by atoms with E-state index in [1.165, 1.54) is 29.2 Å². The minimum atomic E-state index is -0.696. The van der Waals surface area contributed by atoms with Crippen LogP contribution in [0.3, 0.4) is 0 Å². The predicted octanol–water partition coefficient (Wildman–Crippen LogP) is 3.60. The molecular weight excluding hydrogens is 401 g/mol. The number of ether oxygens (including phenoxy) is 1. The molecule has 2 aromatic rings. The first-order chi connectivity index (χ1) is 15.0. The first kappa shape index (κ1) is 20.8. The lowest BCUT2D eigenvalue weighted by Gasteiger charge is -2.20. The largest absolute Gasteiger partial charge is 0.457 e. The SMILES string of the molecule is O=C(NCCCN1C(=O)NC2(CCCC2)C1=O)c1ccc(Oc2ccc(F)cc2)cc1. The second-order valence-electron chi connectivity index (χ2n) is 7.87. The van der Waals surface area contributed by atoms with Gasteiger partial charge in [0.1, 0.15) is 22.9 Å². The lowest BCUT2D eigenvalue weighted by Crippen LogP contribution is -2.44. The fourth-order valence-electron chi connectivity index (χ4n) is 4.05. The summed E-state index contributed by atoms with van der Waals surface area (Å²) < 4.78 is 18.6. The van der Waals surface area contributed by atoms with Crippen molar-refractivity contribution in [1.82, 2.24) is 15.5 Å². The summed E-state index contributed by atoms with van der Waals surface area (Å²) in [5.74, 6) is 0.295. The highest BCUT2D eigenvalue weighted by Crippen LogP contribution is 2.35. The minimum Gasteiger partial charge on any atom is -0.457 e. The Morgan fingerprint density at radius 2 is 1.65 bits per heavy atom. The number of rotatable bonds is 7. The van der Waals surface area contributed by atoms with Gasteiger partial charge in [-0.3, -0.25) is 14.5 Å². The van der Waals surface area contributed by atoms with Gasteiger partial charge in [0.05, 0.1) is 0 Å². The second-order valence-corrected chi connectivity index (χ2v) is 7.87. The van der Waals surface area contributed by atoms with Crippen LogP contribution < -0.4 is 15.4 Å². The number of carbonyl (C=O) groups is 3. The molecule has 4 amide bonds. The quantitative estimate of drug-likeness (QED) is 0.524.